The van der Waals surface area contributed by atoms with Crippen LogP contribution in [0.2, 0.25) is 0 Å². The fraction of sp³-hybridized carbons (Fsp3) is 0.462. The van der Waals surface area contributed by atoms with Crippen molar-refractivity contribution < 1.29 is 27.9 Å². The standard InChI is InChI=1S/C26H30N2O6S/c1-17-16-27(26(30)31)24-15-20(19-2-5-21(6-3-19)35(32,33)22-7-8-22)4-9-23(24)28(17)25(29)14-18-10-12-34-13-11-18/h2-6,9,15,17-18,22H,7-8,10-14,16H2,1H3,(H,30,31)/t17-/m0/s1. The van der Waals surface area contributed by atoms with Gasteiger partial charge in [-0.2, -0.15) is 0 Å². The van der Waals surface area contributed by atoms with Crippen LogP contribution in [0.15, 0.2) is 47.4 Å². The molecule has 1 saturated carbocycles. The average Bonchev–Trinajstić information content (AvgIpc) is 3.70. The normalized spacial score (nSPS) is 21.0. The van der Waals surface area contributed by atoms with Gasteiger partial charge in [0.15, 0.2) is 9.84 Å². The number of carboxylic acid groups (broad SMARTS) is 1. The van der Waals surface area contributed by atoms with Crippen molar-refractivity contribution in [2.75, 3.05) is 29.6 Å². The third-order valence-corrected chi connectivity index (χ3v) is 9.47. The largest absolute Gasteiger partial charge is 0.465 e. The first-order valence-corrected chi connectivity index (χ1v) is 13.7. The molecule has 1 saturated heterocycles. The smallest absolute Gasteiger partial charge is 0.411 e. The van der Waals surface area contributed by atoms with Crippen LogP contribution in [0.25, 0.3) is 11.1 Å². The van der Waals surface area contributed by atoms with Gasteiger partial charge in [-0.1, -0.05) is 18.2 Å². The monoisotopic (exact) mass is 498 g/mol. The van der Waals surface area contributed by atoms with Gasteiger partial charge in [-0.3, -0.25) is 9.69 Å². The highest BCUT2D eigenvalue weighted by Crippen LogP contribution is 2.40. The summed E-state index contributed by atoms with van der Waals surface area (Å²) in [7, 11) is -3.27. The number of carbonyl (C=O) groups excluding carboxylic acids is 1. The molecule has 1 N–H and O–H groups in total. The Morgan fingerprint density at radius 3 is 2.26 bits per heavy atom. The van der Waals surface area contributed by atoms with Gasteiger partial charge in [0, 0.05) is 26.2 Å². The predicted molar refractivity (Wildman–Crippen MR) is 133 cm³/mol. The Bertz CT molecular complexity index is 1230. The maximum Gasteiger partial charge on any atom is 0.411 e. The van der Waals surface area contributed by atoms with Crippen LogP contribution in [-0.4, -0.2) is 56.6 Å². The van der Waals surface area contributed by atoms with E-state index in [4.69, 9.17) is 4.74 Å². The maximum atomic E-state index is 13.3. The van der Waals surface area contributed by atoms with Crippen LogP contribution in [0.3, 0.4) is 0 Å². The first-order chi connectivity index (χ1) is 16.8. The molecule has 35 heavy (non-hydrogen) atoms. The highest BCUT2D eigenvalue weighted by atomic mass is 32.2. The van der Waals surface area contributed by atoms with Gasteiger partial charge in [0.05, 0.1) is 27.6 Å². The highest BCUT2D eigenvalue weighted by Gasteiger charge is 2.37. The molecule has 2 aromatic rings. The van der Waals surface area contributed by atoms with Crippen molar-refractivity contribution in [3.8, 4) is 11.1 Å². The van der Waals surface area contributed by atoms with Crippen LogP contribution >= 0.6 is 0 Å². The number of nitrogens with zero attached hydrogens (tertiary/aromatic N) is 2. The minimum atomic E-state index is -3.27. The predicted octanol–water partition coefficient (Wildman–Crippen LogP) is 4.33. The minimum Gasteiger partial charge on any atom is -0.465 e. The van der Waals surface area contributed by atoms with Crippen LogP contribution in [0, 0.1) is 5.92 Å². The Balaban J connectivity index is 1.46. The number of hydrogen-bond acceptors (Lipinski definition) is 5. The summed E-state index contributed by atoms with van der Waals surface area (Å²) in [6, 6.07) is 11.9. The zero-order chi connectivity index (χ0) is 24.7. The van der Waals surface area contributed by atoms with Crippen molar-refractivity contribution in [2.24, 2.45) is 5.92 Å². The van der Waals surface area contributed by atoms with E-state index < -0.39 is 15.9 Å². The minimum absolute atomic E-state index is 0.00178. The van der Waals surface area contributed by atoms with E-state index in [0.717, 1.165) is 24.0 Å². The third kappa shape index (κ3) is 4.67. The number of rotatable bonds is 5. The summed E-state index contributed by atoms with van der Waals surface area (Å²) in [4.78, 5) is 28.7. The topological polar surface area (TPSA) is 104 Å². The van der Waals surface area contributed by atoms with Gasteiger partial charge in [0.1, 0.15) is 0 Å². The molecule has 2 heterocycles. The molecule has 9 heteroatoms. The van der Waals surface area contributed by atoms with Gasteiger partial charge >= 0.3 is 6.09 Å². The number of hydrogen-bond donors (Lipinski definition) is 1. The van der Waals surface area contributed by atoms with Crippen LogP contribution in [0.5, 0.6) is 0 Å². The molecule has 0 aromatic heterocycles. The van der Waals surface area contributed by atoms with E-state index in [9.17, 15) is 23.1 Å². The fourth-order valence-corrected chi connectivity index (χ4v) is 6.73. The summed E-state index contributed by atoms with van der Waals surface area (Å²) in [5.41, 5.74) is 2.59. The van der Waals surface area contributed by atoms with Crippen molar-refractivity contribution in [3.05, 3.63) is 42.5 Å². The second-order valence-corrected chi connectivity index (χ2v) is 12.0. The van der Waals surface area contributed by atoms with Crippen molar-refractivity contribution in [1.29, 1.82) is 0 Å². The number of fused-ring (bicyclic) bond motifs is 1. The van der Waals surface area contributed by atoms with E-state index in [2.05, 4.69) is 0 Å². The molecule has 0 bridgehead atoms. The zero-order valence-electron chi connectivity index (χ0n) is 19.7. The molecule has 2 aromatic carbocycles. The first kappa shape index (κ1) is 23.8. The van der Waals surface area contributed by atoms with Crippen LogP contribution in [-0.2, 0) is 19.4 Å². The lowest BCUT2D eigenvalue weighted by Crippen LogP contribution is -2.52. The number of amides is 2. The van der Waals surface area contributed by atoms with Crippen molar-refractivity contribution in [1.82, 2.24) is 0 Å². The van der Waals surface area contributed by atoms with Crippen LogP contribution in [0.4, 0.5) is 16.2 Å². The Morgan fingerprint density at radius 1 is 0.971 bits per heavy atom. The zero-order valence-corrected chi connectivity index (χ0v) is 20.5. The van der Waals surface area contributed by atoms with E-state index in [1.54, 1.807) is 41.3 Å². The number of benzene rings is 2. The number of sulfone groups is 1. The third-order valence-electron chi connectivity index (χ3n) is 7.20. The first-order valence-electron chi connectivity index (χ1n) is 12.1. The molecule has 5 rings (SSSR count). The molecule has 1 atom stereocenters. The summed E-state index contributed by atoms with van der Waals surface area (Å²) in [5, 5.41) is 9.61. The Labute approximate surface area is 205 Å². The van der Waals surface area contributed by atoms with Gasteiger partial charge in [-0.05, 0) is 73.9 Å². The van der Waals surface area contributed by atoms with Gasteiger partial charge in [-0.15, -0.1) is 0 Å². The van der Waals surface area contributed by atoms with Crippen LogP contribution in [0.1, 0.15) is 39.0 Å². The lowest BCUT2D eigenvalue weighted by molar-refractivity contribution is -0.120. The van der Waals surface area contributed by atoms with Gasteiger partial charge < -0.3 is 14.7 Å². The summed E-state index contributed by atoms with van der Waals surface area (Å²) < 4.78 is 30.4. The van der Waals surface area contributed by atoms with E-state index in [1.807, 2.05) is 13.0 Å². The molecule has 2 fully saturated rings. The van der Waals surface area contributed by atoms with Gasteiger partial charge in [-0.25, -0.2) is 13.2 Å². The Hall–Kier alpha value is -2.91. The quantitative estimate of drug-likeness (QED) is 0.658. The van der Waals surface area contributed by atoms with Crippen molar-refractivity contribution in [3.63, 3.8) is 0 Å². The molecule has 2 amide bonds. The number of ether oxygens (including phenoxy) is 1. The van der Waals surface area contributed by atoms with Crippen LogP contribution < -0.4 is 9.80 Å². The molecule has 1 aliphatic carbocycles. The average molecular weight is 499 g/mol. The van der Waals surface area contributed by atoms with Gasteiger partial charge in [0.2, 0.25) is 5.91 Å². The van der Waals surface area contributed by atoms with E-state index >= 15 is 0 Å². The molecule has 186 valence electrons. The second kappa shape index (κ2) is 9.28. The van der Waals surface area contributed by atoms with Gasteiger partial charge in [0.25, 0.3) is 0 Å². The molecule has 2 aliphatic heterocycles. The fourth-order valence-electron chi connectivity index (χ4n) is 5.07. The number of anilines is 2. The molecule has 8 nitrogen and oxygen atoms in total. The van der Waals surface area contributed by atoms with E-state index in [1.165, 1.54) is 4.90 Å². The Morgan fingerprint density at radius 2 is 1.63 bits per heavy atom. The van der Waals surface area contributed by atoms with Crippen molar-refractivity contribution in [2.45, 2.75) is 55.2 Å². The summed E-state index contributed by atoms with van der Waals surface area (Å²) >= 11 is 0. The summed E-state index contributed by atoms with van der Waals surface area (Å²) in [5.74, 6) is 0.271. The SMILES string of the molecule is C[C@H]1CN(C(=O)O)c2cc(-c3ccc(S(=O)(=O)C4CC4)cc3)ccc2N1C(=O)CC1CCOCC1. The lowest BCUT2D eigenvalue weighted by atomic mass is 9.94. The maximum absolute atomic E-state index is 13.3. The highest BCUT2D eigenvalue weighted by molar-refractivity contribution is 7.92. The van der Waals surface area contributed by atoms with E-state index in [0.29, 0.717) is 48.7 Å². The number of carbonyl (C=O) groups is 2. The molecule has 0 unspecified atom stereocenters. The lowest BCUT2D eigenvalue weighted by Gasteiger charge is -2.41. The molecular formula is C26H30N2O6S. The molecule has 0 spiro atoms. The Kier molecular flexibility index (Phi) is 6.31. The van der Waals surface area contributed by atoms with E-state index in [-0.39, 0.29) is 29.7 Å². The summed E-state index contributed by atoms with van der Waals surface area (Å²) in [6.45, 7) is 3.39. The molecular weight excluding hydrogens is 468 g/mol. The second-order valence-electron chi connectivity index (χ2n) is 9.74. The molecule has 0 radical (unpaired) electrons. The summed E-state index contributed by atoms with van der Waals surface area (Å²) in [6.07, 6.45) is 2.47. The van der Waals surface area contributed by atoms with Crippen molar-refractivity contribution >= 4 is 33.2 Å². The molecule has 3 aliphatic rings.